The lowest BCUT2D eigenvalue weighted by atomic mass is 10.00. The van der Waals surface area contributed by atoms with Crippen LogP contribution in [0, 0.1) is 6.92 Å². The monoisotopic (exact) mass is 387 g/mol. The second-order valence-electron chi connectivity index (χ2n) is 4.23. The van der Waals surface area contributed by atoms with Gasteiger partial charge in [0.2, 0.25) is 0 Å². The Balaban J connectivity index is 2.19. The maximum Gasteiger partial charge on any atom is 0.0704 e. The van der Waals surface area contributed by atoms with Crippen LogP contribution in [0.25, 0.3) is 0 Å². The number of hydrogen-bond donors (Lipinski definition) is 1. The quantitative estimate of drug-likeness (QED) is 0.769. The van der Waals surface area contributed by atoms with Gasteiger partial charge in [0, 0.05) is 15.4 Å². The van der Waals surface area contributed by atoms with Gasteiger partial charge in [-0.3, -0.25) is 0 Å². The predicted molar refractivity (Wildman–Crippen MR) is 86.4 cm³/mol. The molecule has 0 bridgehead atoms. The third-order valence-corrected chi connectivity index (χ3v) is 5.10. The Labute approximate surface area is 129 Å². The summed E-state index contributed by atoms with van der Waals surface area (Å²) in [6.07, 6.45) is 1.01. The van der Waals surface area contributed by atoms with Crippen molar-refractivity contribution < 1.29 is 0 Å². The number of hydrogen-bond acceptors (Lipinski definition) is 2. The fraction of sp³-hybridized carbons (Fsp3) is 0.286. The van der Waals surface area contributed by atoms with E-state index < -0.39 is 0 Å². The summed E-state index contributed by atoms with van der Waals surface area (Å²) in [6, 6.07) is 11.1. The first-order valence-electron chi connectivity index (χ1n) is 5.77. The van der Waals surface area contributed by atoms with Crippen LogP contribution in [0.4, 0.5) is 0 Å². The number of halogens is 2. The average Bonchev–Trinajstić information content (AvgIpc) is 2.68. The SMILES string of the molecule is CNC(Cc1ccc(Br)cc1)c1cc(Br)sc1C. The number of nitrogens with one attached hydrogen (secondary N) is 1. The van der Waals surface area contributed by atoms with Crippen molar-refractivity contribution in [1.82, 2.24) is 5.32 Å². The molecule has 1 N–H and O–H groups in total. The molecular weight excluding hydrogens is 374 g/mol. The van der Waals surface area contributed by atoms with Crippen molar-refractivity contribution in [2.75, 3.05) is 7.05 Å². The van der Waals surface area contributed by atoms with Crippen LogP contribution in [0.5, 0.6) is 0 Å². The topological polar surface area (TPSA) is 12.0 Å². The summed E-state index contributed by atoms with van der Waals surface area (Å²) in [4.78, 5) is 1.37. The van der Waals surface area contributed by atoms with Crippen LogP contribution in [-0.4, -0.2) is 7.05 Å². The Morgan fingerprint density at radius 3 is 2.39 bits per heavy atom. The van der Waals surface area contributed by atoms with Crippen LogP contribution >= 0.6 is 43.2 Å². The lowest BCUT2D eigenvalue weighted by Gasteiger charge is -2.16. The standard InChI is InChI=1S/C14H15Br2NS/c1-9-12(8-14(16)18-9)13(17-2)7-10-3-5-11(15)6-4-10/h3-6,8,13,17H,7H2,1-2H3. The van der Waals surface area contributed by atoms with Crippen molar-refractivity contribution >= 4 is 43.2 Å². The lowest BCUT2D eigenvalue weighted by molar-refractivity contribution is 0.591. The maximum absolute atomic E-state index is 3.56. The van der Waals surface area contributed by atoms with E-state index in [-0.39, 0.29) is 0 Å². The molecule has 0 saturated heterocycles. The lowest BCUT2D eigenvalue weighted by Crippen LogP contribution is -2.18. The van der Waals surface area contributed by atoms with Gasteiger partial charge >= 0.3 is 0 Å². The van der Waals surface area contributed by atoms with Crippen molar-refractivity contribution in [1.29, 1.82) is 0 Å². The molecule has 0 aliphatic rings. The molecule has 0 amide bonds. The van der Waals surface area contributed by atoms with Gasteiger partial charge < -0.3 is 5.32 Å². The summed E-state index contributed by atoms with van der Waals surface area (Å²) in [5, 5.41) is 3.41. The van der Waals surface area contributed by atoms with Crippen LogP contribution in [0.15, 0.2) is 38.6 Å². The highest BCUT2D eigenvalue weighted by molar-refractivity contribution is 9.11. The zero-order valence-corrected chi connectivity index (χ0v) is 14.3. The molecule has 1 heterocycles. The zero-order valence-electron chi connectivity index (χ0n) is 10.3. The van der Waals surface area contributed by atoms with Crippen LogP contribution in [0.1, 0.15) is 22.0 Å². The minimum Gasteiger partial charge on any atom is -0.313 e. The van der Waals surface area contributed by atoms with E-state index >= 15 is 0 Å². The van der Waals surface area contributed by atoms with E-state index in [2.05, 4.69) is 74.4 Å². The Hall–Kier alpha value is -0.160. The minimum absolute atomic E-state index is 0.369. The maximum atomic E-state index is 3.56. The van der Waals surface area contributed by atoms with Crippen molar-refractivity contribution in [3.63, 3.8) is 0 Å². The van der Waals surface area contributed by atoms with Crippen LogP contribution < -0.4 is 5.32 Å². The first kappa shape index (κ1) is 14.3. The average molecular weight is 389 g/mol. The van der Waals surface area contributed by atoms with Gasteiger partial charge in [-0.2, -0.15) is 0 Å². The molecule has 0 saturated carbocycles. The summed E-state index contributed by atoms with van der Waals surface area (Å²) in [5.41, 5.74) is 2.73. The molecule has 96 valence electrons. The molecule has 0 radical (unpaired) electrons. The van der Waals surface area contributed by atoms with E-state index in [1.807, 2.05) is 7.05 Å². The third kappa shape index (κ3) is 3.44. The van der Waals surface area contributed by atoms with Gasteiger partial charge in [0.05, 0.1) is 3.79 Å². The van der Waals surface area contributed by atoms with Crippen molar-refractivity contribution in [2.45, 2.75) is 19.4 Å². The minimum atomic E-state index is 0.369. The van der Waals surface area contributed by atoms with Gasteiger partial charge in [0.15, 0.2) is 0 Å². The molecule has 1 aromatic carbocycles. The van der Waals surface area contributed by atoms with Gasteiger partial charge in [0.1, 0.15) is 0 Å². The van der Waals surface area contributed by atoms with Gasteiger partial charge in [-0.15, -0.1) is 11.3 Å². The fourth-order valence-corrected chi connectivity index (χ4v) is 4.07. The molecule has 2 rings (SSSR count). The largest absolute Gasteiger partial charge is 0.313 e. The first-order valence-corrected chi connectivity index (χ1v) is 8.18. The Morgan fingerprint density at radius 2 is 1.89 bits per heavy atom. The predicted octanol–water partition coefficient (Wildman–Crippen LogP) is 5.08. The highest BCUT2D eigenvalue weighted by Crippen LogP contribution is 2.32. The summed E-state index contributed by atoms with van der Waals surface area (Å²) in [7, 11) is 2.02. The molecule has 1 nitrogen and oxygen atoms in total. The molecule has 0 aliphatic heterocycles. The molecule has 0 aliphatic carbocycles. The van der Waals surface area contributed by atoms with E-state index in [0.29, 0.717) is 6.04 Å². The second kappa shape index (κ2) is 6.33. The number of aryl methyl sites for hydroxylation is 1. The summed E-state index contributed by atoms with van der Waals surface area (Å²) in [5.74, 6) is 0. The number of rotatable bonds is 4. The Kier molecular flexibility index (Phi) is 5.01. The number of likely N-dealkylation sites (N-methyl/N-ethyl adjacent to an activating group) is 1. The summed E-state index contributed by atoms with van der Waals surface area (Å²) in [6.45, 7) is 2.18. The second-order valence-corrected chi connectivity index (χ2v) is 7.79. The van der Waals surface area contributed by atoms with Crippen LogP contribution in [0.2, 0.25) is 0 Å². The van der Waals surface area contributed by atoms with E-state index in [1.54, 1.807) is 11.3 Å². The van der Waals surface area contributed by atoms with Gasteiger partial charge in [-0.05, 0) is 65.6 Å². The van der Waals surface area contributed by atoms with E-state index in [4.69, 9.17) is 0 Å². The molecule has 0 spiro atoms. The first-order chi connectivity index (χ1) is 8.60. The van der Waals surface area contributed by atoms with Crippen molar-refractivity contribution in [2.24, 2.45) is 0 Å². The highest BCUT2D eigenvalue weighted by Gasteiger charge is 2.15. The van der Waals surface area contributed by atoms with Gasteiger partial charge in [-0.25, -0.2) is 0 Å². The molecule has 0 fully saturated rings. The highest BCUT2D eigenvalue weighted by atomic mass is 79.9. The number of benzene rings is 1. The fourth-order valence-electron chi connectivity index (χ4n) is 2.03. The van der Waals surface area contributed by atoms with Crippen LogP contribution in [-0.2, 0) is 6.42 Å². The normalized spacial score (nSPS) is 12.7. The Morgan fingerprint density at radius 1 is 1.22 bits per heavy atom. The Bertz CT molecular complexity index is 519. The smallest absolute Gasteiger partial charge is 0.0704 e. The van der Waals surface area contributed by atoms with Gasteiger partial charge in [-0.1, -0.05) is 28.1 Å². The molecule has 18 heavy (non-hydrogen) atoms. The molecule has 2 aromatic rings. The van der Waals surface area contributed by atoms with E-state index in [0.717, 1.165) is 10.9 Å². The van der Waals surface area contributed by atoms with Crippen LogP contribution in [0.3, 0.4) is 0 Å². The zero-order chi connectivity index (χ0) is 13.1. The number of thiophene rings is 1. The molecule has 1 aromatic heterocycles. The molecular formula is C14H15Br2NS. The molecule has 1 unspecified atom stereocenters. The summed E-state index contributed by atoms with van der Waals surface area (Å²) >= 11 is 8.82. The van der Waals surface area contributed by atoms with E-state index in [9.17, 15) is 0 Å². The molecule has 4 heteroatoms. The summed E-state index contributed by atoms with van der Waals surface area (Å²) < 4.78 is 2.33. The van der Waals surface area contributed by atoms with Crippen molar-refractivity contribution in [3.8, 4) is 0 Å². The third-order valence-electron chi connectivity index (χ3n) is 3.00. The molecule has 1 atom stereocenters. The van der Waals surface area contributed by atoms with Gasteiger partial charge in [0.25, 0.3) is 0 Å². The van der Waals surface area contributed by atoms with E-state index in [1.165, 1.54) is 19.8 Å². The van der Waals surface area contributed by atoms with Crippen molar-refractivity contribution in [3.05, 3.63) is 54.6 Å².